The molecule has 0 unspecified atom stereocenters. The fraction of sp³-hybridized carbons (Fsp3) is 0.133. The van der Waals surface area contributed by atoms with Crippen LogP contribution in [0.3, 0.4) is 0 Å². The molecule has 25 heavy (non-hydrogen) atoms. The number of hydrogen-bond donors (Lipinski definition) is 2. The predicted octanol–water partition coefficient (Wildman–Crippen LogP) is 1.71. The summed E-state index contributed by atoms with van der Waals surface area (Å²) in [6.07, 6.45) is 0. The normalized spacial score (nSPS) is 10.2. The quantitative estimate of drug-likeness (QED) is 0.613. The van der Waals surface area contributed by atoms with Crippen molar-refractivity contribution < 1.29 is 8.42 Å². The molecule has 9 nitrogen and oxygen atoms in total. The smallest absolute Gasteiger partial charge is 0.264 e. The zero-order chi connectivity index (χ0) is 18.4. The third kappa shape index (κ3) is 4.73. The Balaban J connectivity index is 2.19. The number of nitriles is 2. The van der Waals surface area contributed by atoms with Gasteiger partial charge < -0.3 is 0 Å². The minimum Gasteiger partial charge on any atom is -0.277 e. The summed E-state index contributed by atoms with van der Waals surface area (Å²) in [4.78, 5) is 8.08. The van der Waals surface area contributed by atoms with Crippen molar-refractivity contribution in [3.63, 3.8) is 0 Å². The molecule has 0 fully saturated rings. The van der Waals surface area contributed by atoms with Crippen LogP contribution >= 0.6 is 0 Å². The van der Waals surface area contributed by atoms with Gasteiger partial charge in [0.05, 0.1) is 10.6 Å². The Hall–Kier alpha value is -3.50. The minimum absolute atomic E-state index is 0.00279. The van der Waals surface area contributed by atoms with Crippen LogP contribution in [0.4, 0.5) is 11.6 Å². The van der Waals surface area contributed by atoms with Crippen molar-refractivity contribution in [2.75, 3.05) is 10.1 Å². The Bertz CT molecular complexity index is 963. The van der Waals surface area contributed by atoms with E-state index >= 15 is 0 Å². The second-order valence-electron chi connectivity index (χ2n) is 4.90. The summed E-state index contributed by atoms with van der Waals surface area (Å²) in [5, 5.41) is 20.8. The highest BCUT2D eigenvalue weighted by molar-refractivity contribution is 7.92. The zero-order valence-electron chi connectivity index (χ0n) is 13.3. The monoisotopic (exact) mass is 355 g/mol. The van der Waals surface area contributed by atoms with E-state index in [1.807, 2.05) is 0 Å². The maximum absolute atomic E-state index is 12.4. The molecule has 126 valence electrons. The van der Waals surface area contributed by atoms with Crippen LogP contribution in [0.15, 0.2) is 40.3 Å². The number of benzene rings is 1. The molecule has 0 spiro atoms. The molecule has 1 heterocycles. The number of hydrogen-bond acceptors (Lipinski definition) is 8. The number of hydrazone groups is 1. The highest BCUT2D eigenvalue weighted by Gasteiger charge is 2.16. The van der Waals surface area contributed by atoms with Crippen molar-refractivity contribution in [1.82, 2.24) is 9.97 Å². The topological polar surface area (TPSA) is 144 Å². The first-order chi connectivity index (χ1) is 11.8. The Labute approximate surface area is 144 Å². The van der Waals surface area contributed by atoms with Gasteiger partial charge in [0.15, 0.2) is 0 Å². The summed E-state index contributed by atoms with van der Waals surface area (Å²) in [5.74, 6) is -0.00279. The number of nitrogens with one attached hydrogen (secondary N) is 2. The van der Waals surface area contributed by atoms with E-state index in [9.17, 15) is 8.42 Å². The molecule has 0 amide bonds. The highest BCUT2D eigenvalue weighted by Crippen LogP contribution is 2.17. The van der Waals surface area contributed by atoms with E-state index in [0.29, 0.717) is 17.1 Å². The van der Waals surface area contributed by atoms with Crippen LogP contribution in [-0.4, -0.2) is 24.1 Å². The van der Waals surface area contributed by atoms with Gasteiger partial charge in [-0.2, -0.15) is 15.6 Å². The summed E-state index contributed by atoms with van der Waals surface area (Å²) >= 11 is 0. The third-order valence-corrected chi connectivity index (χ3v) is 4.23. The lowest BCUT2D eigenvalue weighted by Crippen LogP contribution is -2.15. The van der Waals surface area contributed by atoms with E-state index in [-0.39, 0.29) is 16.6 Å². The molecule has 0 saturated heterocycles. The van der Waals surface area contributed by atoms with Crippen molar-refractivity contribution in [2.24, 2.45) is 5.10 Å². The molecule has 0 atom stereocenters. The number of nitrogens with zero attached hydrogens (tertiary/aromatic N) is 5. The molecule has 0 bridgehead atoms. The van der Waals surface area contributed by atoms with Crippen molar-refractivity contribution in [3.05, 3.63) is 41.7 Å². The summed E-state index contributed by atoms with van der Waals surface area (Å²) in [6, 6.07) is 10.5. The standard InChI is InChI=1S/C15H13N7O2S/c1-10-7-11(2)19-15(18-10)22-25(23,24)14-5-3-12(4-6-14)20-21-13(8-16)9-17/h3-7,20H,1-2H3,(H,18,19,22). The van der Waals surface area contributed by atoms with E-state index in [1.54, 1.807) is 32.1 Å². The third-order valence-electron chi connectivity index (χ3n) is 2.88. The van der Waals surface area contributed by atoms with Gasteiger partial charge in [0.2, 0.25) is 11.7 Å². The van der Waals surface area contributed by atoms with E-state index in [4.69, 9.17) is 10.5 Å². The van der Waals surface area contributed by atoms with Gasteiger partial charge in [-0.25, -0.2) is 23.1 Å². The van der Waals surface area contributed by atoms with Gasteiger partial charge in [0, 0.05) is 11.4 Å². The molecule has 2 N–H and O–H groups in total. The number of aryl methyl sites for hydroxylation is 2. The summed E-state index contributed by atoms with van der Waals surface area (Å²) in [7, 11) is -3.85. The molecule has 0 radical (unpaired) electrons. The first kappa shape index (κ1) is 17.8. The van der Waals surface area contributed by atoms with Gasteiger partial charge in [0.1, 0.15) is 12.1 Å². The van der Waals surface area contributed by atoms with Gasteiger partial charge in [-0.15, -0.1) is 0 Å². The van der Waals surface area contributed by atoms with Crippen LogP contribution in [0.5, 0.6) is 0 Å². The molecule has 1 aromatic heterocycles. The van der Waals surface area contributed by atoms with Crippen molar-refractivity contribution in [3.8, 4) is 12.1 Å². The van der Waals surface area contributed by atoms with Gasteiger partial charge in [0.25, 0.3) is 10.0 Å². The lowest BCUT2D eigenvalue weighted by atomic mass is 10.3. The van der Waals surface area contributed by atoms with Gasteiger partial charge in [-0.1, -0.05) is 0 Å². The van der Waals surface area contributed by atoms with E-state index in [1.165, 1.54) is 24.3 Å². The average molecular weight is 355 g/mol. The van der Waals surface area contributed by atoms with Gasteiger partial charge >= 0.3 is 0 Å². The number of aromatic nitrogens is 2. The molecular formula is C15H13N7O2S. The molecule has 0 aliphatic carbocycles. The lowest BCUT2D eigenvalue weighted by Gasteiger charge is -2.08. The Morgan fingerprint density at radius 3 is 2.16 bits per heavy atom. The second-order valence-corrected chi connectivity index (χ2v) is 6.58. The van der Waals surface area contributed by atoms with E-state index in [2.05, 4.69) is 25.2 Å². The molecule has 0 aliphatic rings. The first-order valence-electron chi connectivity index (χ1n) is 6.93. The maximum Gasteiger partial charge on any atom is 0.264 e. The Morgan fingerprint density at radius 2 is 1.64 bits per heavy atom. The first-order valence-corrected chi connectivity index (χ1v) is 8.41. The molecule has 0 aliphatic heterocycles. The molecule has 1 aromatic carbocycles. The maximum atomic E-state index is 12.4. The van der Waals surface area contributed by atoms with Crippen LogP contribution in [-0.2, 0) is 10.0 Å². The molecule has 2 rings (SSSR count). The van der Waals surface area contributed by atoms with E-state index < -0.39 is 10.0 Å². The number of sulfonamides is 1. The zero-order valence-corrected chi connectivity index (χ0v) is 14.2. The van der Waals surface area contributed by atoms with Crippen LogP contribution in [0.1, 0.15) is 11.4 Å². The SMILES string of the molecule is Cc1cc(C)nc(NS(=O)(=O)c2ccc(NN=C(C#N)C#N)cc2)n1. The van der Waals surface area contributed by atoms with Gasteiger partial charge in [-0.05, 0) is 44.2 Å². The summed E-state index contributed by atoms with van der Waals surface area (Å²) < 4.78 is 27.1. The van der Waals surface area contributed by atoms with Crippen LogP contribution in [0.2, 0.25) is 0 Å². The highest BCUT2D eigenvalue weighted by atomic mass is 32.2. The fourth-order valence-electron chi connectivity index (χ4n) is 1.85. The second kappa shape index (κ2) is 7.38. The van der Waals surface area contributed by atoms with Crippen LogP contribution < -0.4 is 10.1 Å². The number of anilines is 2. The largest absolute Gasteiger partial charge is 0.277 e. The van der Waals surface area contributed by atoms with Gasteiger partial charge in [-0.3, -0.25) is 5.43 Å². The number of rotatable bonds is 5. The van der Waals surface area contributed by atoms with Crippen LogP contribution in [0.25, 0.3) is 0 Å². The lowest BCUT2D eigenvalue weighted by molar-refractivity contribution is 0.601. The minimum atomic E-state index is -3.85. The fourth-order valence-corrected chi connectivity index (χ4v) is 2.80. The molecular weight excluding hydrogens is 342 g/mol. The summed E-state index contributed by atoms with van der Waals surface area (Å²) in [5.41, 5.74) is 3.86. The molecule has 2 aromatic rings. The van der Waals surface area contributed by atoms with E-state index in [0.717, 1.165) is 0 Å². The van der Waals surface area contributed by atoms with Crippen molar-refractivity contribution in [1.29, 1.82) is 10.5 Å². The molecule has 10 heteroatoms. The molecule has 0 saturated carbocycles. The van der Waals surface area contributed by atoms with Crippen LogP contribution in [0, 0.1) is 36.5 Å². The Kier molecular flexibility index (Phi) is 5.27. The summed E-state index contributed by atoms with van der Waals surface area (Å²) in [6.45, 7) is 3.48. The van der Waals surface area contributed by atoms with Crippen molar-refractivity contribution >= 4 is 27.4 Å². The van der Waals surface area contributed by atoms with Crippen molar-refractivity contribution in [2.45, 2.75) is 18.7 Å². The Morgan fingerprint density at radius 1 is 1.08 bits per heavy atom. The predicted molar refractivity (Wildman–Crippen MR) is 91.0 cm³/mol. The average Bonchev–Trinajstić information content (AvgIpc) is 2.55.